The molecule has 0 aliphatic carbocycles. The number of carbonyl (C=O) groups excluding carboxylic acids is 2. The first kappa shape index (κ1) is 15.3. The van der Waals surface area contributed by atoms with E-state index < -0.39 is 5.97 Å². The van der Waals surface area contributed by atoms with E-state index in [2.05, 4.69) is 15.9 Å². The Hall–Kier alpha value is -2.14. The van der Waals surface area contributed by atoms with Gasteiger partial charge in [0.1, 0.15) is 0 Å². The van der Waals surface area contributed by atoms with E-state index in [9.17, 15) is 9.59 Å². The summed E-state index contributed by atoms with van der Waals surface area (Å²) in [6, 6.07) is 14.0. The first-order chi connectivity index (χ1) is 10.1. The van der Waals surface area contributed by atoms with Crippen LogP contribution in [0.4, 0.5) is 5.69 Å². The summed E-state index contributed by atoms with van der Waals surface area (Å²) in [6.07, 6.45) is 0. The minimum absolute atomic E-state index is 0.209. The van der Waals surface area contributed by atoms with Gasteiger partial charge in [-0.05, 0) is 40.2 Å². The number of anilines is 1. The lowest BCUT2D eigenvalue weighted by Crippen LogP contribution is -2.28. The molecule has 108 valence electrons. The minimum Gasteiger partial charge on any atom is -0.465 e. The summed E-state index contributed by atoms with van der Waals surface area (Å²) in [7, 11) is 2.94. The Morgan fingerprint density at radius 2 is 1.57 bits per heavy atom. The average molecular weight is 348 g/mol. The Labute approximate surface area is 131 Å². The number of hydrogen-bond acceptors (Lipinski definition) is 3. The molecule has 0 aliphatic heterocycles. The second kappa shape index (κ2) is 6.54. The molecule has 0 unspecified atom stereocenters. The Morgan fingerprint density at radius 1 is 1.00 bits per heavy atom. The molecule has 4 nitrogen and oxygen atoms in total. The van der Waals surface area contributed by atoms with Gasteiger partial charge in [-0.2, -0.15) is 0 Å². The topological polar surface area (TPSA) is 46.6 Å². The Kier molecular flexibility index (Phi) is 4.75. The van der Waals surface area contributed by atoms with Gasteiger partial charge in [0.05, 0.1) is 23.9 Å². The molecule has 0 aliphatic rings. The van der Waals surface area contributed by atoms with Crippen molar-refractivity contribution in [1.29, 1.82) is 0 Å². The van der Waals surface area contributed by atoms with E-state index in [0.29, 0.717) is 21.3 Å². The molecule has 0 spiro atoms. The number of benzene rings is 2. The third-order valence-electron chi connectivity index (χ3n) is 3.08. The normalized spacial score (nSPS) is 10.0. The molecule has 2 aromatic rings. The largest absolute Gasteiger partial charge is 0.465 e. The van der Waals surface area contributed by atoms with Gasteiger partial charge in [-0.3, -0.25) is 4.79 Å². The van der Waals surface area contributed by atoms with E-state index >= 15 is 0 Å². The van der Waals surface area contributed by atoms with Gasteiger partial charge in [-0.25, -0.2) is 4.79 Å². The highest BCUT2D eigenvalue weighted by atomic mass is 79.9. The zero-order valence-electron chi connectivity index (χ0n) is 11.7. The number of hydrogen-bond donors (Lipinski definition) is 0. The van der Waals surface area contributed by atoms with Crippen LogP contribution in [0.5, 0.6) is 0 Å². The third-order valence-corrected chi connectivity index (χ3v) is 3.77. The molecule has 0 saturated carbocycles. The molecule has 2 aromatic carbocycles. The van der Waals surface area contributed by atoms with Crippen LogP contribution >= 0.6 is 15.9 Å². The van der Waals surface area contributed by atoms with E-state index in [-0.39, 0.29) is 5.91 Å². The lowest BCUT2D eigenvalue weighted by Gasteiger charge is -2.20. The number of carbonyl (C=O) groups is 2. The second-order valence-electron chi connectivity index (χ2n) is 4.35. The molecule has 2 rings (SSSR count). The fourth-order valence-electron chi connectivity index (χ4n) is 1.97. The van der Waals surface area contributed by atoms with Crippen LogP contribution in [0.1, 0.15) is 20.7 Å². The van der Waals surface area contributed by atoms with Crippen molar-refractivity contribution in [2.75, 3.05) is 19.1 Å². The zero-order chi connectivity index (χ0) is 15.4. The van der Waals surface area contributed by atoms with Crippen molar-refractivity contribution >= 4 is 33.5 Å². The molecule has 0 N–H and O–H groups in total. The number of methoxy groups -OCH3 is 1. The van der Waals surface area contributed by atoms with Gasteiger partial charge in [0.2, 0.25) is 0 Å². The van der Waals surface area contributed by atoms with Crippen molar-refractivity contribution in [1.82, 2.24) is 0 Å². The molecule has 0 fully saturated rings. The number of rotatable bonds is 3. The predicted octanol–water partition coefficient (Wildman–Crippen LogP) is 3.51. The molecular formula is C16H14BrNO3. The maximum absolute atomic E-state index is 12.6. The van der Waals surface area contributed by atoms with Gasteiger partial charge < -0.3 is 9.64 Å². The molecule has 0 bridgehead atoms. The van der Waals surface area contributed by atoms with E-state index in [4.69, 9.17) is 4.74 Å². The highest BCUT2D eigenvalue weighted by molar-refractivity contribution is 9.10. The molecule has 0 radical (unpaired) electrons. The SMILES string of the molecule is COC(=O)c1ccccc1N(C)C(=O)c1ccccc1Br. The van der Waals surface area contributed by atoms with Gasteiger partial charge in [0, 0.05) is 11.5 Å². The first-order valence-corrected chi connectivity index (χ1v) is 7.05. The molecular weight excluding hydrogens is 334 g/mol. The van der Waals surface area contributed by atoms with Crippen molar-refractivity contribution in [2.45, 2.75) is 0 Å². The quantitative estimate of drug-likeness (QED) is 0.798. The van der Waals surface area contributed by atoms with Crippen molar-refractivity contribution in [3.05, 3.63) is 64.1 Å². The maximum Gasteiger partial charge on any atom is 0.339 e. The summed E-state index contributed by atoms with van der Waals surface area (Å²) in [5.74, 6) is -0.684. The monoisotopic (exact) mass is 347 g/mol. The molecule has 5 heteroatoms. The lowest BCUT2D eigenvalue weighted by molar-refractivity contribution is 0.0601. The van der Waals surface area contributed by atoms with Crippen molar-refractivity contribution in [3.63, 3.8) is 0 Å². The summed E-state index contributed by atoms with van der Waals surface area (Å²) in [5.41, 5.74) is 1.38. The summed E-state index contributed by atoms with van der Waals surface area (Å²) < 4.78 is 5.46. The lowest BCUT2D eigenvalue weighted by atomic mass is 10.1. The highest BCUT2D eigenvalue weighted by Crippen LogP contribution is 2.24. The summed E-state index contributed by atoms with van der Waals surface area (Å²) >= 11 is 3.36. The minimum atomic E-state index is -0.475. The first-order valence-electron chi connectivity index (χ1n) is 6.26. The number of para-hydroxylation sites is 1. The smallest absolute Gasteiger partial charge is 0.339 e. The number of esters is 1. The number of ether oxygens (including phenoxy) is 1. The highest BCUT2D eigenvalue weighted by Gasteiger charge is 2.21. The van der Waals surface area contributed by atoms with Gasteiger partial charge in [-0.1, -0.05) is 24.3 Å². The fraction of sp³-hybridized carbons (Fsp3) is 0.125. The molecule has 0 atom stereocenters. The van der Waals surface area contributed by atoms with Crippen LogP contribution < -0.4 is 4.90 Å². The van der Waals surface area contributed by atoms with Crippen molar-refractivity contribution < 1.29 is 14.3 Å². The second-order valence-corrected chi connectivity index (χ2v) is 5.21. The van der Waals surface area contributed by atoms with Gasteiger partial charge in [-0.15, -0.1) is 0 Å². The number of halogens is 1. The van der Waals surface area contributed by atoms with Crippen LogP contribution in [0.3, 0.4) is 0 Å². The zero-order valence-corrected chi connectivity index (χ0v) is 13.3. The van der Waals surface area contributed by atoms with E-state index in [1.54, 1.807) is 49.5 Å². The Morgan fingerprint density at radius 3 is 2.19 bits per heavy atom. The van der Waals surface area contributed by atoms with E-state index in [0.717, 1.165) is 0 Å². The number of amides is 1. The maximum atomic E-state index is 12.6. The molecule has 21 heavy (non-hydrogen) atoms. The van der Waals surface area contributed by atoms with Crippen LogP contribution in [-0.2, 0) is 4.74 Å². The third kappa shape index (κ3) is 3.13. The summed E-state index contributed by atoms with van der Waals surface area (Å²) in [6.45, 7) is 0. The van der Waals surface area contributed by atoms with Gasteiger partial charge >= 0.3 is 5.97 Å². The van der Waals surface area contributed by atoms with Gasteiger partial charge in [0.15, 0.2) is 0 Å². The predicted molar refractivity (Wildman–Crippen MR) is 84.7 cm³/mol. The van der Waals surface area contributed by atoms with Crippen LogP contribution in [0, 0.1) is 0 Å². The van der Waals surface area contributed by atoms with Crippen molar-refractivity contribution in [3.8, 4) is 0 Å². The molecule has 0 saturated heterocycles. The van der Waals surface area contributed by atoms with Crippen molar-refractivity contribution in [2.24, 2.45) is 0 Å². The Balaban J connectivity index is 2.41. The molecule has 0 heterocycles. The van der Waals surface area contributed by atoms with Crippen LogP contribution in [0.2, 0.25) is 0 Å². The van der Waals surface area contributed by atoms with Crippen LogP contribution in [0.15, 0.2) is 53.0 Å². The molecule has 1 amide bonds. The van der Waals surface area contributed by atoms with Crippen LogP contribution in [0.25, 0.3) is 0 Å². The number of nitrogens with zero attached hydrogens (tertiary/aromatic N) is 1. The standard InChI is InChI=1S/C16H14BrNO3/c1-18(15(19)11-7-3-5-9-13(11)17)14-10-6-4-8-12(14)16(20)21-2/h3-10H,1-2H3. The average Bonchev–Trinajstić information content (AvgIpc) is 2.53. The molecule has 0 aromatic heterocycles. The van der Waals surface area contributed by atoms with E-state index in [1.807, 2.05) is 6.07 Å². The fourth-order valence-corrected chi connectivity index (χ4v) is 2.43. The van der Waals surface area contributed by atoms with Crippen LogP contribution in [-0.4, -0.2) is 26.0 Å². The summed E-state index contributed by atoms with van der Waals surface area (Å²) in [4.78, 5) is 25.8. The van der Waals surface area contributed by atoms with E-state index in [1.165, 1.54) is 12.0 Å². The van der Waals surface area contributed by atoms with Gasteiger partial charge in [0.25, 0.3) is 5.91 Å². The summed E-state index contributed by atoms with van der Waals surface area (Å²) in [5, 5.41) is 0. The Bertz CT molecular complexity index is 685.